The summed E-state index contributed by atoms with van der Waals surface area (Å²) in [5.41, 5.74) is 2.07. The molecule has 0 aromatic heterocycles. The second kappa shape index (κ2) is 11.0. The lowest BCUT2D eigenvalue weighted by atomic mass is 10.0. The van der Waals surface area contributed by atoms with Crippen LogP contribution in [0.25, 0.3) is 0 Å². The third kappa shape index (κ3) is 6.37. The van der Waals surface area contributed by atoms with Gasteiger partial charge in [0.05, 0.1) is 6.54 Å². The van der Waals surface area contributed by atoms with Gasteiger partial charge in [0, 0.05) is 31.2 Å². The van der Waals surface area contributed by atoms with Gasteiger partial charge in [-0.25, -0.2) is 4.39 Å². The molecule has 2 amide bonds. The van der Waals surface area contributed by atoms with Crippen molar-refractivity contribution in [3.8, 4) is 0 Å². The Morgan fingerprint density at radius 1 is 1.13 bits per heavy atom. The number of hydrogen-bond donors (Lipinski definition) is 1. The maximum absolute atomic E-state index is 13.7. The largest absolute Gasteiger partial charge is 0.351 e. The van der Waals surface area contributed by atoms with E-state index in [0.717, 1.165) is 36.9 Å². The summed E-state index contributed by atoms with van der Waals surface area (Å²) < 4.78 is 13.7. The van der Waals surface area contributed by atoms with E-state index in [-0.39, 0.29) is 23.7 Å². The molecule has 0 saturated carbocycles. The van der Waals surface area contributed by atoms with Crippen LogP contribution in [0.1, 0.15) is 47.7 Å². The molecule has 5 nitrogen and oxygen atoms in total. The van der Waals surface area contributed by atoms with Crippen LogP contribution in [0, 0.1) is 12.7 Å². The van der Waals surface area contributed by atoms with Crippen molar-refractivity contribution in [2.24, 2.45) is 0 Å². The molecule has 166 valence electrons. The van der Waals surface area contributed by atoms with E-state index < -0.39 is 0 Å². The summed E-state index contributed by atoms with van der Waals surface area (Å²) in [6.45, 7) is 6.70. The number of nitrogens with zero attached hydrogens (tertiary/aromatic N) is 2. The zero-order valence-corrected chi connectivity index (χ0v) is 18.4. The molecule has 3 rings (SSSR count). The van der Waals surface area contributed by atoms with Gasteiger partial charge < -0.3 is 10.2 Å². The molecular formula is C25H32FN3O2. The Morgan fingerprint density at radius 3 is 2.48 bits per heavy atom. The average molecular weight is 426 g/mol. The molecule has 0 aliphatic carbocycles. The fourth-order valence-electron chi connectivity index (χ4n) is 4.06. The standard InChI is InChI=1S/C25H32FN3O2/c1-3-13-29(18-24(30)27-17-20-10-9-19(2)23(26)16-20)22-11-14-28(15-12-22)25(31)21-7-5-4-6-8-21/h4-10,16,22H,3,11-15,17-18H2,1-2H3,(H,27,30). The van der Waals surface area contributed by atoms with Crippen molar-refractivity contribution >= 4 is 11.8 Å². The van der Waals surface area contributed by atoms with E-state index in [1.165, 1.54) is 6.07 Å². The highest BCUT2D eigenvalue weighted by Crippen LogP contribution is 2.19. The van der Waals surface area contributed by atoms with E-state index in [2.05, 4.69) is 17.1 Å². The number of carbonyl (C=O) groups excluding carboxylic acids is 2. The third-order valence-electron chi connectivity index (χ3n) is 5.87. The minimum atomic E-state index is -0.254. The molecule has 1 saturated heterocycles. The highest BCUT2D eigenvalue weighted by atomic mass is 19.1. The van der Waals surface area contributed by atoms with Gasteiger partial charge in [0.1, 0.15) is 5.82 Å². The maximum atomic E-state index is 13.7. The topological polar surface area (TPSA) is 52.7 Å². The summed E-state index contributed by atoms with van der Waals surface area (Å²) in [6.07, 6.45) is 2.67. The molecule has 1 fully saturated rings. The molecule has 2 aromatic rings. The van der Waals surface area contributed by atoms with Gasteiger partial charge in [-0.2, -0.15) is 0 Å². The number of likely N-dealkylation sites (tertiary alicyclic amines) is 1. The Labute approximate surface area is 184 Å². The van der Waals surface area contributed by atoms with E-state index in [1.54, 1.807) is 13.0 Å². The van der Waals surface area contributed by atoms with Gasteiger partial charge in [-0.05, 0) is 62.1 Å². The molecule has 0 bridgehead atoms. The van der Waals surface area contributed by atoms with Gasteiger partial charge in [-0.1, -0.05) is 37.3 Å². The predicted molar refractivity (Wildman–Crippen MR) is 120 cm³/mol. The number of hydrogen-bond acceptors (Lipinski definition) is 3. The highest BCUT2D eigenvalue weighted by molar-refractivity contribution is 5.94. The summed E-state index contributed by atoms with van der Waals surface area (Å²) in [5.74, 6) is -0.238. The van der Waals surface area contributed by atoms with Crippen LogP contribution in [-0.4, -0.2) is 53.8 Å². The number of halogens is 1. The normalized spacial score (nSPS) is 14.6. The van der Waals surface area contributed by atoms with Crippen LogP contribution in [0.2, 0.25) is 0 Å². The first-order chi connectivity index (χ1) is 15.0. The summed E-state index contributed by atoms with van der Waals surface area (Å²) in [6, 6.07) is 14.7. The second-order valence-electron chi connectivity index (χ2n) is 8.22. The first kappa shape index (κ1) is 22.9. The molecule has 6 heteroatoms. The van der Waals surface area contributed by atoms with Crippen LogP contribution in [0.5, 0.6) is 0 Å². The predicted octanol–water partition coefficient (Wildman–Crippen LogP) is 3.77. The zero-order chi connectivity index (χ0) is 22.2. The molecule has 31 heavy (non-hydrogen) atoms. The molecule has 1 heterocycles. The van der Waals surface area contributed by atoms with Crippen LogP contribution in [0.15, 0.2) is 48.5 Å². The maximum Gasteiger partial charge on any atom is 0.253 e. The average Bonchev–Trinajstić information content (AvgIpc) is 2.80. The minimum Gasteiger partial charge on any atom is -0.351 e. The highest BCUT2D eigenvalue weighted by Gasteiger charge is 2.28. The Balaban J connectivity index is 1.50. The lowest BCUT2D eigenvalue weighted by molar-refractivity contribution is -0.123. The van der Waals surface area contributed by atoms with Gasteiger partial charge in [-0.15, -0.1) is 0 Å². The molecule has 1 aliphatic rings. The summed E-state index contributed by atoms with van der Waals surface area (Å²) in [5, 5.41) is 2.91. The van der Waals surface area contributed by atoms with Crippen LogP contribution in [-0.2, 0) is 11.3 Å². The number of piperidine rings is 1. The third-order valence-corrected chi connectivity index (χ3v) is 5.87. The van der Waals surface area contributed by atoms with Gasteiger partial charge >= 0.3 is 0 Å². The van der Waals surface area contributed by atoms with Crippen LogP contribution < -0.4 is 5.32 Å². The second-order valence-corrected chi connectivity index (χ2v) is 8.22. The summed E-state index contributed by atoms with van der Waals surface area (Å²) >= 11 is 0. The van der Waals surface area contributed by atoms with E-state index in [9.17, 15) is 14.0 Å². The SMILES string of the molecule is CCCN(CC(=O)NCc1ccc(C)c(F)c1)C1CCN(C(=O)c2ccccc2)CC1. The number of rotatable bonds is 8. The number of amides is 2. The smallest absolute Gasteiger partial charge is 0.253 e. The molecular weight excluding hydrogens is 393 g/mol. The Morgan fingerprint density at radius 2 is 1.84 bits per heavy atom. The van der Waals surface area contributed by atoms with Gasteiger partial charge in [-0.3, -0.25) is 14.5 Å². The number of carbonyl (C=O) groups is 2. The van der Waals surface area contributed by atoms with E-state index >= 15 is 0 Å². The van der Waals surface area contributed by atoms with Crippen molar-refractivity contribution in [1.82, 2.24) is 15.1 Å². The van der Waals surface area contributed by atoms with Crippen molar-refractivity contribution in [1.29, 1.82) is 0 Å². The zero-order valence-electron chi connectivity index (χ0n) is 18.4. The Hall–Kier alpha value is -2.73. The van der Waals surface area contributed by atoms with Crippen molar-refractivity contribution in [2.75, 3.05) is 26.2 Å². The lowest BCUT2D eigenvalue weighted by Crippen LogP contribution is -2.49. The molecule has 1 aliphatic heterocycles. The Kier molecular flexibility index (Phi) is 8.18. The Bertz CT molecular complexity index is 880. The van der Waals surface area contributed by atoms with Crippen LogP contribution >= 0.6 is 0 Å². The molecule has 1 N–H and O–H groups in total. The molecule has 0 spiro atoms. The molecule has 2 aromatic carbocycles. The van der Waals surface area contributed by atoms with Gasteiger partial charge in [0.25, 0.3) is 5.91 Å². The van der Waals surface area contributed by atoms with Crippen molar-refractivity contribution in [3.63, 3.8) is 0 Å². The first-order valence-electron chi connectivity index (χ1n) is 11.1. The summed E-state index contributed by atoms with van der Waals surface area (Å²) in [4.78, 5) is 29.3. The number of benzene rings is 2. The lowest BCUT2D eigenvalue weighted by Gasteiger charge is -2.38. The molecule has 0 atom stereocenters. The van der Waals surface area contributed by atoms with Crippen molar-refractivity contribution in [3.05, 3.63) is 71.0 Å². The monoisotopic (exact) mass is 425 g/mol. The first-order valence-corrected chi connectivity index (χ1v) is 11.1. The van der Waals surface area contributed by atoms with Crippen LogP contribution in [0.3, 0.4) is 0 Å². The van der Waals surface area contributed by atoms with E-state index in [4.69, 9.17) is 0 Å². The van der Waals surface area contributed by atoms with Crippen molar-refractivity contribution < 1.29 is 14.0 Å². The fourth-order valence-corrected chi connectivity index (χ4v) is 4.06. The number of aryl methyl sites for hydroxylation is 1. The molecule has 0 radical (unpaired) electrons. The van der Waals surface area contributed by atoms with Crippen LogP contribution in [0.4, 0.5) is 4.39 Å². The van der Waals surface area contributed by atoms with Crippen molar-refractivity contribution in [2.45, 2.75) is 45.7 Å². The summed E-state index contributed by atoms with van der Waals surface area (Å²) in [7, 11) is 0. The van der Waals surface area contributed by atoms with Gasteiger partial charge in [0.2, 0.25) is 5.91 Å². The van der Waals surface area contributed by atoms with E-state index in [0.29, 0.717) is 31.7 Å². The van der Waals surface area contributed by atoms with E-state index in [1.807, 2.05) is 41.3 Å². The minimum absolute atomic E-state index is 0.0581. The van der Waals surface area contributed by atoms with Gasteiger partial charge in [0.15, 0.2) is 0 Å². The quantitative estimate of drug-likeness (QED) is 0.701. The number of nitrogens with one attached hydrogen (secondary N) is 1. The fraction of sp³-hybridized carbons (Fsp3) is 0.440. The molecule has 0 unspecified atom stereocenters.